The molecule has 160 valence electrons. The Bertz CT molecular complexity index is 861. The Balaban J connectivity index is 1.60. The van der Waals surface area contributed by atoms with Crippen LogP contribution in [-0.4, -0.2) is 68.7 Å². The quantitative estimate of drug-likeness (QED) is 0.658. The van der Waals surface area contributed by atoms with E-state index in [1.807, 2.05) is 6.92 Å². The Morgan fingerprint density at radius 1 is 1.17 bits per heavy atom. The van der Waals surface area contributed by atoms with Crippen molar-refractivity contribution in [3.8, 4) is 0 Å². The lowest BCUT2D eigenvalue weighted by molar-refractivity contribution is -0.133. The number of anilines is 1. The SMILES string of the molecule is Cc1ccc(S(=O)(=O)N2CCCCC2)cc1NCC(=O)N(C)CC(=O)NC1CC1. The first-order chi connectivity index (χ1) is 13.8. The molecule has 2 amide bonds. The summed E-state index contributed by atoms with van der Waals surface area (Å²) in [6.45, 7) is 2.95. The Labute approximate surface area is 172 Å². The fourth-order valence-corrected chi connectivity index (χ4v) is 4.86. The van der Waals surface area contributed by atoms with Crippen LogP contribution in [0.5, 0.6) is 0 Å². The van der Waals surface area contributed by atoms with Crippen molar-refractivity contribution in [1.29, 1.82) is 0 Å². The van der Waals surface area contributed by atoms with Crippen molar-refractivity contribution in [2.45, 2.75) is 50.0 Å². The summed E-state index contributed by atoms with van der Waals surface area (Å²) in [5.74, 6) is -0.395. The zero-order valence-corrected chi connectivity index (χ0v) is 17.9. The first-order valence-electron chi connectivity index (χ1n) is 10.2. The fraction of sp³-hybridized carbons (Fsp3) is 0.600. The van der Waals surface area contributed by atoms with Gasteiger partial charge in [-0.25, -0.2) is 8.42 Å². The van der Waals surface area contributed by atoms with Gasteiger partial charge in [-0.3, -0.25) is 9.59 Å². The molecule has 2 fully saturated rings. The maximum absolute atomic E-state index is 12.9. The highest BCUT2D eigenvalue weighted by Crippen LogP contribution is 2.25. The monoisotopic (exact) mass is 422 g/mol. The van der Waals surface area contributed by atoms with E-state index in [1.165, 1.54) is 9.21 Å². The molecule has 1 aromatic rings. The number of nitrogens with zero attached hydrogens (tertiary/aromatic N) is 2. The zero-order valence-electron chi connectivity index (χ0n) is 17.1. The van der Waals surface area contributed by atoms with Crippen LogP contribution in [0.15, 0.2) is 23.1 Å². The largest absolute Gasteiger partial charge is 0.376 e. The molecule has 1 aromatic carbocycles. The number of aryl methyl sites for hydroxylation is 1. The molecule has 2 N–H and O–H groups in total. The minimum atomic E-state index is -3.53. The number of benzene rings is 1. The van der Waals surface area contributed by atoms with Crippen LogP contribution in [0.1, 0.15) is 37.7 Å². The topological polar surface area (TPSA) is 98.8 Å². The number of amides is 2. The lowest BCUT2D eigenvalue weighted by Gasteiger charge is -2.26. The zero-order chi connectivity index (χ0) is 21.0. The average Bonchev–Trinajstić information content (AvgIpc) is 3.51. The van der Waals surface area contributed by atoms with E-state index in [2.05, 4.69) is 10.6 Å². The molecule has 0 aromatic heterocycles. The van der Waals surface area contributed by atoms with Crippen LogP contribution >= 0.6 is 0 Å². The highest BCUT2D eigenvalue weighted by atomic mass is 32.2. The summed E-state index contributed by atoms with van der Waals surface area (Å²) in [5.41, 5.74) is 1.46. The lowest BCUT2D eigenvalue weighted by Crippen LogP contribution is -2.41. The van der Waals surface area contributed by atoms with Gasteiger partial charge < -0.3 is 15.5 Å². The molecule has 29 heavy (non-hydrogen) atoms. The Morgan fingerprint density at radius 2 is 1.86 bits per heavy atom. The second-order valence-corrected chi connectivity index (χ2v) is 9.82. The van der Waals surface area contributed by atoms with Crippen LogP contribution in [0, 0.1) is 6.92 Å². The van der Waals surface area contributed by atoms with E-state index < -0.39 is 10.0 Å². The Morgan fingerprint density at radius 3 is 2.52 bits per heavy atom. The van der Waals surface area contributed by atoms with Crippen molar-refractivity contribution in [2.24, 2.45) is 0 Å². The van der Waals surface area contributed by atoms with Crippen molar-refractivity contribution in [1.82, 2.24) is 14.5 Å². The van der Waals surface area contributed by atoms with Gasteiger partial charge in [0.25, 0.3) is 0 Å². The number of carbonyl (C=O) groups excluding carboxylic acids is 2. The van der Waals surface area contributed by atoms with E-state index in [1.54, 1.807) is 25.2 Å². The molecule has 2 aliphatic rings. The van der Waals surface area contributed by atoms with Gasteiger partial charge in [-0.1, -0.05) is 12.5 Å². The van der Waals surface area contributed by atoms with Gasteiger partial charge in [-0.05, 0) is 50.3 Å². The van der Waals surface area contributed by atoms with Crippen LogP contribution in [-0.2, 0) is 19.6 Å². The van der Waals surface area contributed by atoms with Crippen LogP contribution < -0.4 is 10.6 Å². The standard InChI is InChI=1S/C20H30N4O4S/c1-15-6-9-17(29(27,28)24-10-4-3-5-11-24)12-18(15)21-13-20(26)23(2)14-19(25)22-16-7-8-16/h6,9,12,16,21H,3-5,7-8,10-11,13-14H2,1-2H3,(H,22,25). The molecule has 0 unspecified atom stereocenters. The van der Waals surface area contributed by atoms with Crippen molar-refractivity contribution in [3.05, 3.63) is 23.8 Å². The smallest absolute Gasteiger partial charge is 0.243 e. The lowest BCUT2D eigenvalue weighted by atomic mass is 10.2. The van der Waals surface area contributed by atoms with Gasteiger partial charge in [0.2, 0.25) is 21.8 Å². The van der Waals surface area contributed by atoms with Crippen molar-refractivity contribution in [3.63, 3.8) is 0 Å². The number of nitrogens with one attached hydrogen (secondary N) is 2. The van der Waals surface area contributed by atoms with Crippen molar-refractivity contribution in [2.75, 3.05) is 38.5 Å². The molecule has 0 spiro atoms. The Kier molecular flexibility index (Phi) is 6.79. The first kappa shape index (κ1) is 21.6. The Hall–Kier alpha value is -2.13. The van der Waals surface area contributed by atoms with E-state index in [-0.39, 0.29) is 35.8 Å². The number of hydrogen-bond acceptors (Lipinski definition) is 5. The second-order valence-electron chi connectivity index (χ2n) is 7.89. The summed E-state index contributed by atoms with van der Waals surface area (Å²) < 4.78 is 27.3. The van der Waals surface area contributed by atoms with Crippen LogP contribution in [0.25, 0.3) is 0 Å². The molecular weight excluding hydrogens is 392 g/mol. The summed E-state index contributed by atoms with van der Waals surface area (Å²) in [5, 5.41) is 5.88. The van der Waals surface area contributed by atoms with Gasteiger partial charge in [0.15, 0.2) is 0 Å². The van der Waals surface area contributed by atoms with Gasteiger partial charge in [-0.2, -0.15) is 4.31 Å². The number of hydrogen-bond donors (Lipinski definition) is 2. The van der Waals surface area contributed by atoms with Gasteiger partial charge in [0, 0.05) is 31.9 Å². The molecule has 3 rings (SSSR count). The summed E-state index contributed by atoms with van der Waals surface area (Å²) in [6.07, 6.45) is 4.82. The van der Waals surface area contributed by atoms with E-state index in [0.717, 1.165) is 37.7 Å². The van der Waals surface area contributed by atoms with E-state index in [9.17, 15) is 18.0 Å². The fourth-order valence-electron chi connectivity index (χ4n) is 3.32. The molecule has 0 radical (unpaired) electrons. The third-order valence-corrected chi connectivity index (χ3v) is 7.24. The van der Waals surface area contributed by atoms with Gasteiger partial charge in [0.1, 0.15) is 0 Å². The number of piperidine rings is 1. The molecule has 1 saturated heterocycles. The van der Waals surface area contributed by atoms with Crippen LogP contribution in [0.2, 0.25) is 0 Å². The highest BCUT2D eigenvalue weighted by Gasteiger charge is 2.27. The van der Waals surface area contributed by atoms with Gasteiger partial charge in [0.05, 0.1) is 18.0 Å². The second kappa shape index (κ2) is 9.13. The molecule has 1 saturated carbocycles. The average molecular weight is 423 g/mol. The molecular formula is C20H30N4O4S. The van der Waals surface area contributed by atoms with E-state index in [4.69, 9.17) is 0 Å². The van der Waals surface area contributed by atoms with E-state index >= 15 is 0 Å². The minimum Gasteiger partial charge on any atom is -0.376 e. The maximum Gasteiger partial charge on any atom is 0.243 e. The molecule has 1 heterocycles. The van der Waals surface area contributed by atoms with Crippen LogP contribution in [0.4, 0.5) is 5.69 Å². The highest BCUT2D eigenvalue weighted by molar-refractivity contribution is 7.89. The van der Waals surface area contributed by atoms with E-state index in [0.29, 0.717) is 18.8 Å². The number of likely N-dealkylation sites (N-methyl/N-ethyl adjacent to an activating group) is 1. The van der Waals surface area contributed by atoms with Gasteiger partial charge >= 0.3 is 0 Å². The molecule has 1 aliphatic carbocycles. The number of rotatable bonds is 8. The number of carbonyl (C=O) groups is 2. The molecule has 8 nitrogen and oxygen atoms in total. The predicted molar refractivity (Wildman–Crippen MR) is 111 cm³/mol. The van der Waals surface area contributed by atoms with Crippen molar-refractivity contribution < 1.29 is 18.0 Å². The summed E-state index contributed by atoms with van der Waals surface area (Å²) in [6, 6.07) is 5.21. The molecule has 1 aliphatic heterocycles. The predicted octanol–water partition coefficient (Wildman–Crippen LogP) is 1.32. The normalized spacial score (nSPS) is 17.6. The molecule has 0 bridgehead atoms. The summed E-state index contributed by atoms with van der Waals surface area (Å²) >= 11 is 0. The van der Waals surface area contributed by atoms with Crippen LogP contribution in [0.3, 0.4) is 0 Å². The van der Waals surface area contributed by atoms with Crippen molar-refractivity contribution >= 4 is 27.5 Å². The summed E-state index contributed by atoms with van der Waals surface area (Å²) in [7, 11) is -1.95. The maximum atomic E-state index is 12.9. The van der Waals surface area contributed by atoms with Gasteiger partial charge in [-0.15, -0.1) is 0 Å². The summed E-state index contributed by atoms with van der Waals surface area (Å²) in [4.78, 5) is 25.8. The molecule has 9 heteroatoms. The first-order valence-corrected chi connectivity index (χ1v) is 11.6. The number of sulfonamides is 1. The minimum absolute atomic E-state index is 0.0126. The third-order valence-electron chi connectivity index (χ3n) is 5.34. The molecule has 0 atom stereocenters. The third kappa shape index (κ3) is 5.70.